The Bertz CT molecular complexity index is 327. The number of hydrogen-bond acceptors (Lipinski definition) is 3. The zero-order chi connectivity index (χ0) is 9.42. The van der Waals surface area contributed by atoms with E-state index in [4.69, 9.17) is 4.65 Å². The van der Waals surface area contributed by atoms with Crippen LogP contribution in [-0.4, -0.2) is 26.7 Å². The van der Waals surface area contributed by atoms with Crippen molar-refractivity contribution in [3.63, 3.8) is 0 Å². The topological polar surface area (TPSA) is 32.7 Å². The smallest absolute Gasteiger partial charge is 0.312 e. The number of aliphatic hydroxyl groups is 1. The maximum Gasteiger partial charge on any atom is 0.312 e. The fourth-order valence-electron chi connectivity index (χ4n) is 1.49. The molecule has 0 amide bonds. The van der Waals surface area contributed by atoms with Crippen molar-refractivity contribution in [3.8, 4) is 0 Å². The third-order valence-corrected chi connectivity index (χ3v) is 2.31. The van der Waals surface area contributed by atoms with Crippen molar-refractivity contribution < 1.29 is 9.76 Å². The molecule has 1 aliphatic rings. The van der Waals surface area contributed by atoms with Crippen LogP contribution in [0.3, 0.4) is 0 Å². The molecule has 0 saturated heterocycles. The van der Waals surface area contributed by atoms with Crippen LogP contribution in [0.25, 0.3) is 0 Å². The lowest BCUT2D eigenvalue weighted by molar-refractivity contribution is -0.00793. The summed E-state index contributed by atoms with van der Waals surface area (Å²) in [7, 11) is 4.50. The molecule has 0 bridgehead atoms. The van der Waals surface area contributed by atoms with Crippen LogP contribution >= 0.6 is 0 Å². The van der Waals surface area contributed by atoms with E-state index in [1.807, 2.05) is 37.2 Å². The Hall–Kier alpha value is -0.995. The molecule has 0 aliphatic carbocycles. The summed E-state index contributed by atoms with van der Waals surface area (Å²) in [5.41, 5.74) is 3.11. The molecule has 1 aromatic carbocycles. The molecule has 1 unspecified atom stereocenters. The highest BCUT2D eigenvalue weighted by molar-refractivity contribution is 6.49. The summed E-state index contributed by atoms with van der Waals surface area (Å²) in [5.74, 6) is 0. The number of benzene rings is 1. The summed E-state index contributed by atoms with van der Waals surface area (Å²) >= 11 is 0. The van der Waals surface area contributed by atoms with Crippen molar-refractivity contribution in [1.29, 1.82) is 0 Å². The highest BCUT2D eigenvalue weighted by Crippen LogP contribution is 2.20. The van der Waals surface area contributed by atoms with Crippen LogP contribution in [0.4, 0.5) is 5.69 Å². The monoisotopic (exact) mass is 177 g/mol. The van der Waals surface area contributed by atoms with Crippen molar-refractivity contribution in [2.75, 3.05) is 19.0 Å². The third kappa shape index (κ3) is 1.43. The van der Waals surface area contributed by atoms with Crippen LogP contribution in [0.15, 0.2) is 18.2 Å². The van der Waals surface area contributed by atoms with Gasteiger partial charge in [0.15, 0.2) is 6.29 Å². The molecule has 68 valence electrons. The normalized spacial score (nSPS) is 19.5. The van der Waals surface area contributed by atoms with Gasteiger partial charge in [-0.2, -0.15) is 0 Å². The summed E-state index contributed by atoms with van der Waals surface area (Å²) in [6.45, 7) is 0. The van der Waals surface area contributed by atoms with E-state index >= 15 is 0 Å². The zero-order valence-corrected chi connectivity index (χ0v) is 7.82. The molecule has 0 fully saturated rings. The lowest BCUT2D eigenvalue weighted by atomic mass is 9.87. The number of anilines is 1. The third-order valence-electron chi connectivity index (χ3n) is 2.31. The van der Waals surface area contributed by atoms with Gasteiger partial charge in [-0.05, 0) is 17.6 Å². The van der Waals surface area contributed by atoms with Gasteiger partial charge in [0.2, 0.25) is 0 Å². The molecule has 0 aromatic heterocycles. The first-order valence-corrected chi connectivity index (χ1v) is 4.28. The average molecular weight is 177 g/mol. The number of aliphatic hydroxyl groups excluding tert-OH is 1. The Morgan fingerprint density at radius 2 is 2.23 bits per heavy atom. The van der Waals surface area contributed by atoms with E-state index in [9.17, 15) is 5.11 Å². The van der Waals surface area contributed by atoms with Crippen molar-refractivity contribution in [2.24, 2.45) is 0 Å². The van der Waals surface area contributed by atoms with E-state index < -0.39 is 6.29 Å². The molecule has 3 nitrogen and oxygen atoms in total. The van der Waals surface area contributed by atoms with Gasteiger partial charge >= 0.3 is 7.48 Å². The van der Waals surface area contributed by atoms with Gasteiger partial charge in [-0.25, -0.2) is 0 Å². The molecule has 1 atom stereocenters. The number of hydrogen-bond donors (Lipinski definition) is 1. The van der Waals surface area contributed by atoms with Gasteiger partial charge in [0.05, 0.1) is 0 Å². The standard InChI is InChI=1S/C9H12BNO2/c1-11(2)6-3-4-7-8(5-6)10-13-9(7)12/h3-5,9-10,12H,1-2H3. The molecular weight excluding hydrogens is 165 g/mol. The van der Waals surface area contributed by atoms with Gasteiger partial charge in [0, 0.05) is 25.3 Å². The minimum Gasteiger partial charge on any atom is -0.408 e. The van der Waals surface area contributed by atoms with Crippen LogP contribution < -0.4 is 10.4 Å². The maximum absolute atomic E-state index is 9.38. The fourth-order valence-corrected chi connectivity index (χ4v) is 1.49. The first-order valence-electron chi connectivity index (χ1n) is 4.28. The number of fused-ring (bicyclic) bond motifs is 1. The minimum absolute atomic E-state index is 0.512. The lowest BCUT2D eigenvalue weighted by Crippen LogP contribution is -2.16. The predicted molar refractivity (Wildman–Crippen MR) is 53.6 cm³/mol. The van der Waals surface area contributed by atoms with E-state index in [0.29, 0.717) is 7.48 Å². The summed E-state index contributed by atoms with van der Waals surface area (Å²) in [5, 5.41) is 9.38. The maximum atomic E-state index is 9.38. The Morgan fingerprint density at radius 3 is 2.92 bits per heavy atom. The quantitative estimate of drug-likeness (QED) is 0.600. The van der Waals surface area contributed by atoms with Crippen molar-refractivity contribution in [3.05, 3.63) is 23.8 Å². The largest absolute Gasteiger partial charge is 0.408 e. The highest BCUT2D eigenvalue weighted by atomic mass is 16.6. The SMILES string of the molecule is CN(C)c1ccc2c(c1)BOC2O. The van der Waals surface area contributed by atoms with Gasteiger partial charge in [0.1, 0.15) is 0 Å². The molecule has 13 heavy (non-hydrogen) atoms. The second-order valence-corrected chi connectivity index (χ2v) is 3.44. The molecule has 1 aromatic rings. The van der Waals surface area contributed by atoms with E-state index in [-0.39, 0.29) is 0 Å². The Kier molecular flexibility index (Phi) is 2.02. The summed E-state index contributed by atoms with van der Waals surface area (Å²) in [6.07, 6.45) is -0.730. The molecule has 1 N–H and O–H groups in total. The minimum atomic E-state index is -0.730. The van der Waals surface area contributed by atoms with Gasteiger partial charge in [0.25, 0.3) is 0 Å². The van der Waals surface area contributed by atoms with Gasteiger partial charge in [-0.3, -0.25) is 0 Å². The molecule has 4 heteroatoms. The molecular formula is C9H12BNO2. The van der Waals surface area contributed by atoms with Crippen LogP contribution in [-0.2, 0) is 4.65 Å². The molecule has 1 heterocycles. The highest BCUT2D eigenvalue weighted by Gasteiger charge is 2.22. The fraction of sp³-hybridized carbons (Fsp3) is 0.333. The van der Waals surface area contributed by atoms with E-state index in [2.05, 4.69) is 0 Å². The Balaban J connectivity index is 2.40. The molecule has 1 aliphatic heterocycles. The summed E-state index contributed by atoms with van der Waals surface area (Å²) in [4.78, 5) is 2.03. The summed E-state index contributed by atoms with van der Waals surface area (Å²) in [6, 6.07) is 5.95. The Labute approximate surface area is 78.2 Å². The average Bonchev–Trinajstić information content (AvgIpc) is 2.47. The number of rotatable bonds is 1. The van der Waals surface area contributed by atoms with E-state index in [1.165, 1.54) is 0 Å². The van der Waals surface area contributed by atoms with Crippen molar-refractivity contribution >= 4 is 18.6 Å². The van der Waals surface area contributed by atoms with E-state index in [1.54, 1.807) is 0 Å². The lowest BCUT2D eigenvalue weighted by Gasteiger charge is -2.13. The molecule has 0 saturated carbocycles. The molecule has 2 rings (SSSR count). The van der Waals surface area contributed by atoms with Gasteiger partial charge in [-0.1, -0.05) is 6.07 Å². The second kappa shape index (κ2) is 3.05. The second-order valence-electron chi connectivity index (χ2n) is 3.44. The Morgan fingerprint density at radius 1 is 1.46 bits per heavy atom. The van der Waals surface area contributed by atoms with Crippen molar-refractivity contribution in [1.82, 2.24) is 0 Å². The van der Waals surface area contributed by atoms with Crippen molar-refractivity contribution in [2.45, 2.75) is 6.29 Å². The zero-order valence-electron chi connectivity index (χ0n) is 7.82. The predicted octanol–water partition coefficient (Wildman–Crippen LogP) is -0.250. The van der Waals surface area contributed by atoms with Crippen LogP contribution in [0.1, 0.15) is 11.9 Å². The summed E-state index contributed by atoms with van der Waals surface area (Å²) < 4.78 is 5.10. The van der Waals surface area contributed by atoms with Crippen LogP contribution in [0.5, 0.6) is 0 Å². The molecule has 0 radical (unpaired) electrons. The van der Waals surface area contributed by atoms with Crippen LogP contribution in [0, 0.1) is 0 Å². The molecule has 0 spiro atoms. The van der Waals surface area contributed by atoms with Gasteiger partial charge in [-0.15, -0.1) is 0 Å². The number of nitrogens with zero attached hydrogens (tertiary/aromatic N) is 1. The van der Waals surface area contributed by atoms with Crippen LogP contribution in [0.2, 0.25) is 0 Å². The van der Waals surface area contributed by atoms with Gasteiger partial charge < -0.3 is 14.7 Å². The first kappa shape index (κ1) is 8.60. The van der Waals surface area contributed by atoms with E-state index in [0.717, 1.165) is 16.7 Å². The first-order chi connectivity index (χ1) is 6.18.